The van der Waals surface area contributed by atoms with E-state index in [4.69, 9.17) is 4.74 Å². The van der Waals surface area contributed by atoms with E-state index in [1.807, 2.05) is 32.0 Å². The number of amides is 1. The molecule has 1 fully saturated rings. The van der Waals surface area contributed by atoms with Crippen LogP contribution < -0.4 is 10.1 Å². The van der Waals surface area contributed by atoms with Gasteiger partial charge in [-0.05, 0) is 49.8 Å². The molecule has 2 aromatic carbocycles. The molecule has 0 radical (unpaired) electrons. The average molecular weight is 409 g/mol. The lowest BCUT2D eigenvalue weighted by Crippen LogP contribution is -2.48. The first-order valence-electron chi connectivity index (χ1n) is 11.2. The van der Waals surface area contributed by atoms with Gasteiger partial charge >= 0.3 is 0 Å². The topological polar surface area (TPSA) is 41.6 Å². The largest absolute Gasteiger partial charge is 0.493 e. The number of rotatable bonds is 9. The molecule has 4 heteroatoms. The Morgan fingerprint density at radius 1 is 1.07 bits per heavy atom. The number of benzene rings is 2. The first kappa shape index (κ1) is 22.4. The van der Waals surface area contributed by atoms with E-state index in [1.165, 1.54) is 5.56 Å². The third-order valence-electron chi connectivity index (χ3n) is 6.08. The Labute approximate surface area is 181 Å². The highest BCUT2D eigenvalue weighted by Crippen LogP contribution is 2.25. The molecule has 1 amide bonds. The first-order chi connectivity index (χ1) is 14.4. The monoisotopic (exact) mass is 408 g/mol. The van der Waals surface area contributed by atoms with Crippen LogP contribution in [0, 0.1) is 12.3 Å². The van der Waals surface area contributed by atoms with E-state index in [0.717, 1.165) is 56.6 Å². The van der Waals surface area contributed by atoms with Crippen LogP contribution in [-0.2, 0) is 11.3 Å². The van der Waals surface area contributed by atoms with E-state index < -0.39 is 0 Å². The van der Waals surface area contributed by atoms with Crippen LogP contribution >= 0.6 is 0 Å². The number of hydrogen-bond acceptors (Lipinski definition) is 3. The zero-order chi connectivity index (χ0) is 21.4. The highest BCUT2D eigenvalue weighted by Gasteiger charge is 2.30. The number of hydrogen-bond donors (Lipinski definition) is 1. The summed E-state index contributed by atoms with van der Waals surface area (Å²) in [5.41, 5.74) is 2.12. The summed E-state index contributed by atoms with van der Waals surface area (Å²) >= 11 is 0. The quantitative estimate of drug-likeness (QED) is 0.596. The van der Waals surface area contributed by atoms with Gasteiger partial charge in [0.15, 0.2) is 0 Å². The van der Waals surface area contributed by atoms with Gasteiger partial charge in [0.1, 0.15) is 5.75 Å². The van der Waals surface area contributed by atoms with Crippen LogP contribution in [0.5, 0.6) is 5.75 Å². The molecule has 0 atom stereocenters. The molecule has 4 nitrogen and oxygen atoms in total. The number of piperidine rings is 1. The van der Waals surface area contributed by atoms with Crippen LogP contribution in [0.1, 0.15) is 50.7 Å². The fraction of sp³-hybridized carbons (Fsp3) is 0.500. The Hall–Kier alpha value is -2.33. The van der Waals surface area contributed by atoms with Crippen molar-refractivity contribution in [3.8, 4) is 5.75 Å². The summed E-state index contributed by atoms with van der Waals surface area (Å²) in [7, 11) is 0. The van der Waals surface area contributed by atoms with E-state index in [2.05, 4.69) is 53.5 Å². The lowest BCUT2D eigenvalue weighted by atomic mass is 9.86. The van der Waals surface area contributed by atoms with Crippen molar-refractivity contribution in [2.75, 3.05) is 19.7 Å². The number of nitrogens with zero attached hydrogens (tertiary/aromatic N) is 1. The van der Waals surface area contributed by atoms with Gasteiger partial charge in [-0.25, -0.2) is 0 Å². The van der Waals surface area contributed by atoms with Crippen LogP contribution in [-0.4, -0.2) is 36.5 Å². The number of likely N-dealkylation sites (tertiary alicyclic amines) is 1. The van der Waals surface area contributed by atoms with Crippen molar-refractivity contribution in [1.29, 1.82) is 0 Å². The molecule has 0 saturated carbocycles. The van der Waals surface area contributed by atoms with Crippen molar-refractivity contribution < 1.29 is 9.53 Å². The summed E-state index contributed by atoms with van der Waals surface area (Å²) in [6.45, 7) is 9.83. The maximum Gasteiger partial charge on any atom is 0.225 e. The number of ether oxygens (including phenoxy) is 1. The van der Waals surface area contributed by atoms with Crippen LogP contribution in [0.25, 0.3) is 0 Å². The second-order valence-corrected chi connectivity index (χ2v) is 9.11. The van der Waals surface area contributed by atoms with Crippen molar-refractivity contribution in [3.63, 3.8) is 0 Å². The van der Waals surface area contributed by atoms with Gasteiger partial charge in [0.25, 0.3) is 0 Å². The SMILES string of the molecule is Cc1ccccc1OCCCC(C)(C)C(=O)NC1CCN(Cc2ccccc2)CC1. The Morgan fingerprint density at radius 3 is 2.43 bits per heavy atom. The van der Waals surface area contributed by atoms with Crippen molar-refractivity contribution in [3.05, 3.63) is 65.7 Å². The Bertz CT molecular complexity index is 796. The molecule has 0 bridgehead atoms. The molecule has 0 unspecified atom stereocenters. The standard InChI is InChI=1S/C26H36N2O2/c1-21-10-7-8-13-24(21)30-19-9-16-26(2,3)25(29)27-23-14-17-28(18-15-23)20-22-11-5-4-6-12-22/h4-8,10-13,23H,9,14-20H2,1-3H3,(H,27,29). The molecule has 1 N–H and O–H groups in total. The molecule has 0 aliphatic carbocycles. The molecule has 1 aliphatic heterocycles. The number of para-hydroxylation sites is 1. The minimum Gasteiger partial charge on any atom is -0.493 e. The van der Waals surface area contributed by atoms with Gasteiger partial charge in [0, 0.05) is 31.1 Å². The third-order valence-corrected chi connectivity index (χ3v) is 6.08. The molecule has 0 aromatic heterocycles. The highest BCUT2D eigenvalue weighted by atomic mass is 16.5. The van der Waals surface area contributed by atoms with E-state index in [1.54, 1.807) is 0 Å². The van der Waals surface area contributed by atoms with Crippen molar-refractivity contribution in [1.82, 2.24) is 10.2 Å². The van der Waals surface area contributed by atoms with Gasteiger partial charge in [-0.15, -0.1) is 0 Å². The normalized spacial score (nSPS) is 15.7. The number of nitrogens with one attached hydrogen (secondary N) is 1. The minimum absolute atomic E-state index is 0.167. The van der Waals surface area contributed by atoms with Gasteiger partial charge in [-0.3, -0.25) is 9.69 Å². The fourth-order valence-corrected chi connectivity index (χ4v) is 3.99. The molecular formula is C26H36N2O2. The van der Waals surface area contributed by atoms with Gasteiger partial charge < -0.3 is 10.1 Å². The predicted octanol–water partition coefficient (Wildman–Crippen LogP) is 4.96. The summed E-state index contributed by atoms with van der Waals surface area (Å²) in [6, 6.07) is 18.9. The third kappa shape index (κ3) is 6.60. The smallest absolute Gasteiger partial charge is 0.225 e. The molecular weight excluding hydrogens is 372 g/mol. The van der Waals surface area contributed by atoms with Crippen molar-refractivity contribution in [2.24, 2.45) is 5.41 Å². The Morgan fingerprint density at radius 2 is 1.73 bits per heavy atom. The second-order valence-electron chi connectivity index (χ2n) is 9.11. The minimum atomic E-state index is -0.379. The maximum atomic E-state index is 12.9. The number of aryl methyl sites for hydroxylation is 1. The van der Waals surface area contributed by atoms with Crippen LogP contribution in [0.4, 0.5) is 0 Å². The summed E-state index contributed by atoms with van der Waals surface area (Å²) < 4.78 is 5.89. The second kappa shape index (κ2) is 10.6. The van der Waals surface area contributed by atoms with E-state index in [-0.39, 0.29) is 17.4 Å². The van der Waals surface area contributed by atoms with Gasteiger partial charge in [-0.2, -0.15) is 0 Å². The van der Waals surface area contributed by atoms with Gasteiger partial charge in [0.2, 0.25) is 5.91 Å². The van der Waals surface area contributed by atoms with Crippen molar-refractivity contribution in [2.45, 2.75) is 59.0 Å². The Kier molecular flexibility index (Phi) is 7.92. The highest BCUT2D eigenvalue weighted by molar-refractivity contribution is 5.82. The van der Waals surface area contributed by atoms with Crippen LogP contribution in [0.3, 0.4) is 0 Å². The van der Waals surface area contributed by atoms with E-state index >= 15 is 0 Å². The lowest BCUT2D eigenvalue weighted by molar-refractivity contribution is -0.130. The summed E-state index contributed by atoms with van der Waals surface area (Å²) in [6.07, 6.45) is 3.72. The molecule has 30 heavy (non-hydrogen) atoms. The molecule has 1 saturated heterocycles. The average Bonchev–Trinajstić information content (AvgIpc) is 2.74. The summed E-state index contributed by atoms with van der Waals surface area (Å²) in [4.78, 5) is 15.3. The molecule has 2 aromatic rings. The molecule has 1 aliphatic rings. The maximum absolute atomic E-state index is 12.9. The molecule has 1 heterocycles. The number of carbonyl (C=O) groups is 1. The van der Waals surface area contributed by atoms with Gasteiger partial charge in [-0.1, -0.05) is 62.4 Å². The Balaban J connectivity index is 1.36. The van der Waals surface area contributed by atoms with Crippen LogP contribution in [0.2, 0.25) is 0 Å². The molecule has 0 spiro atoms. The van der Waals surface area contributed by atoms with Crippen LogP contribution in [0.15, 0.2) is 54.6 Å². The van der Waals surface area contributed by atoms with E-state index in [9.17, 15) is 4.79 Å². The fourth-order valence-electron chi connectivity index (χ4n) is 3.99. The summed E-state index contributed by atoms with van der Waals surface area (Å²) in [5, 5.41) is 3.30. The summed E-state index contributed by atoms with van der Waals surface area (Å²) in [5.74, 6) is 1.10. The predicted molar refractivity (Wildman–Crippen MR) is 123 cm³/mol. The zero-order valence-electron chi connectivity index (χ0n) is 18.7. The lowest BCUT2D eigenvalue weighted by Gasteiger charge is -2.34. The van der Waals surface area contributed by atoms with E-state index in [0.29, 0.717) is 6.61 Å². The van der Waals surface area contributed by atoms with Gasteiger partial charge in [0.05, 0.1) is 6.61 Å². The molecule has 3 rings (SSSR count). The number of carbonyl (C=O) groups excluding carboxylic acids is 1. The first-order valence-corrected chi connectivity index (χ1v) is 11.2. The van der Waals surface area contributed by atoms with Crippen molar-refractivity contribution >= 4 is 5.91 Å². The zero-order valence-corrected chi connectivity index (χ0v) is 18.7. The molecule has 162 valence electrons.